The highest BCUT2D eigenvalue weighted by atomic mass is 35.5. The molecule has 0 N–H and O–H groups in total. The van der Waals surface area contributed by atoms with Gasteiger partial charge < -0.3 is 43.8 Å². The van der Waals surface area contributed by atoms with Crippen LogP contribution in [0.4, 0.5) is 11.9 Å². The summed E-state index contributed by atoms with van der Waals surface area (Å²) in [6.07, 6.45) is 0. The quantitative estimate of drug-likeness (QED) is 0.181. The third-order valence-electron chi connectivity index (χ3n) is 9.84. The molecule has 0 aliphatic carbocycles. The second-order valence-electron chi connectivity index (χ2n) is 14.4. The van der Waals surface area contributed by atoms with Crippen molar-refractivity contribution >= 4 is 11.9 Å². The average molecular weight is 828 g/mol. The van der Waals surface area contributed by atoms with E-state index in [-0.39, 0.29) is 48.9 Å². The van der Waals surface area contributed by atoms with E-state index in [9.17, 15) is 0 Å². The van der Waals surface area contributed by atoms with Gasteiger partial charge in [0, 0.05) is 26.2 Å². The largest absolute Gasteiger partial charge is 1.00 e. The molecule has 8 rings (SSSR count). The van der Waals surface area contributed by atoms with Gasteiger partial charge in [-0.3, -0.25) is 18.8 Å². The van der Waals surface area contributed by atoms with E-state index in [0.29, 0.717) is 43.9 Å². The van der Waals surface area contributed by atoms with E-state index >= 15 is 0 Å². The minimum atomic E-state index is 0. The Labute approximate surface area is 352 Å². The number of ether oxygens (including phenoxy) is 4. The summed E-state index contributed by atoms with van der Waals surface area (Å²) in [5.41, 5.74) is 0. The fourth-order valence-electron chi connectivity index (χ4n) is 6.11. The number of halogens is 2. The molecular weight excluding hydrogens is 779 g/mol. The molecule has 2 saturated heterocycles. The van der Waals surface area contributed by atoms with Crippen molar-refractivity contribution in [2.75, 3.05) is 80.5 Å². The normalized spacial score (nSPS) is 15.9. The first kappa shape index (κ1) is 43.6. The third kappa shape index (κ3) is 11.8. The molecule has 0 bridgehead atoms. The highest BCUT2D eigenvalue weighted by Crippen LogP contribution is 2.29. The van der Waals surface area contributed by atoms with Crippen LogP contribution in [0.5, 0.6) is 47.0 Å². The maximum atomic E-state index is 5.89. The Balaban J connectivity index is 0.000000214. The van der Waals surface area contributed by atoms with Gasteiger partial charge in [0.25, 0.3) is 0 Å². The fourth-order valence-corrected chi connectivity index (χ4v) is 6.11. The molecule has 0 atom stereocenters. The summed E-state index contributed by atoms with van der Waals surface area (Å²) in [7, 11) is 8.54. The molecule has 2 aliphatic rings. The minimum Gasteiger partial charge on any atom is -1.00 e. The summed E-state index contributed by atoms with van der Waals surface area (Å²) in [4.78, 5) is 31.9. The first-order valence-electron chi connectivity index (χ1n) is 18.7. The molecule has 14 nitrogen and oxygen atoms in total. The van der Waals surface area contributed by atoms with Gasteiger partial charge in [0.1, 0.15) is 23.0 Å². The van der Waals surface area contributed by atoms with E-state index in [4.69, 9.17) is 18.9 Å². The number of benzene rings is 4. The van der Waals surface area contributed by atoms with Gasteiger partial charge >= 0.3 is 35.9 Å². The van der Waals surface area contributed by atoms with E-state index in [1.54, 1.807) is 0 Å². The molecule has 0 saturated carbocycles. The van der Waals surface area contributed by atoms with Crippen LogP contribution in [0.15, 0.2) is 121 Å². The molecular formula is C42H48Cl2N10O4. The van der Waals surface area contributed by atoms with Gasteiger partial charge in [0.15, 0.2) is 0 Å². The Morgan fingerprint density at radius 2 is 0.603 bits per heavy atom. The van der Waals surface area contributed by atoms with Gasteiger partial charge in [0.05, 0.1) is 40.3 Å². The third-order valence-corrected chi connectivity index (χ3v) is 9.84. The predicted molar refractivity (Wildman–Crippen MR) is 216 cm³/mol. The molecule has 4 aromatic carbocycles. The van der Waals surface area contributed by atoms with E-state index in [1.807, 2.05) is 121 Å². The van der Waals surface area contributed by atoms with Gasteiger partial charge in [-0.15, -0.1) is 29.9 Å². The van der Waals surface area contributed by atoms with Gasteiger partial charge in [-0.1, -0.05) is 72.8 Å². The Kier molecular flexibility index (Phi) is 15.3. The fraction of sp³-hybridized carbons (Fsp3) is 0.286. The molecule has 0 spiro atoms. The molecule has 16 heteroatoms. The zero-order valence-corrected chi connectivity index (χ0v) is 34.6. The lowest BCUT2D eigenvalue weighted by Crippen LogP contribution is -3.00. The number of nitrogens with zero attached hydrogens (tertiary/aromatic N) is 10. The molecule has 4 heterocycles. The summed E-state index contributed by atoms with van der Waals surface area (Å²) in [5.74, 6) is 4.00. The van der Waals surface area contributed by atoms with Gasteiger partial charge in [-0.25, -0.2) is 0 Å². The van der Waals surface area contributed by atoms with E-state index in [1.165, 1.54) is 0 Å². The standard InChI is InChI=1S/2C21H24N5O2.2ClH/c2*1-25-13-15-26(2,16-14-25)19-22-20(27-17-9-5-3-6-10-17)24-21(23-19)28-18-11-7-4-8-12-18;;/h2*3-12H,13-16H2,1-2H3;2*1H/q2*+1;;/p-2. The van der Waals surface area contributed by atoms with Crippen molar-refractivity contribution in [2.45, 2.75) is 0 Å². The van der Waals surface area contributed by atoms with Crippen LogP contribution >= 0.6 is 0 Å². The summed E-state index contributed by atoms with van der Waals surface area (Å²) in [6.45, 7) is 7.56. The van der Waals surface area contributed by atoms with Crippen LogP contribution in [0, 0.1) is 0 Å². The second kappa shape index (κ2) is 20.3. The molecule has 0 unspecified atom stereocenters. The van der Waals surface area contributed by atoms with Crippen molar-refractivity contribution in [2.24, 2.45) is 0 Å². The molecule has 58 heavy (non-hydrogen) atoms. The van der Waals surface area contributed by atoms with Crippen LogP contribution in [0.2, 0.25) is 0 Å². The molecule has 2 aliphatic heterocycles. The molecule has 304 valence electrons. The number of aromatic nitrogens is 6. The topological polar surface area (TPSA) is 121 Å². The Morgan fingerprint density at radius 3 is 0.828 bits per heavy atom. The molecule has 2 fully saturated rings. The van der Waals surface area contributed by atoms with Crippen LogP contribution in [0.25, 0.3) is 0 Å². The highest BCUT2D eigenvalue weighted by Gasteiger charge is 2.35. The molecule has 0 radical (unpaired) electrons. The number of hydrogen-bond acceptors (Lipinski definition) is 12. The number of likely N-dealkylation sites (N-methyl/N-ethyl adjacent to an activating group) is 4. The molecule has 2 aromatic heterocycles. The zero-order chi connectivity index (χ0) is 38.8. The smallest absolute Gasteiger partial charge is 0.338 e. The van der Waals surface area contributed by atoms with Crippen molar-refractivity contribution in [3.63, 3.8) is 0 Å². The first-order chi connectivity index (χ1) is 27.2. The average Bonchev–Trinajstić information content (AvgIpc) is 3.22. The highest BCUT2D eigenvalue weighted by molar-refractivity contribution is 5.35. The zero-order valence-electron chi connectivity index (χ0n) is 33.1. The van der Waals surface area contributed by atoms with Crippen LogP contribution in [-0.2, 0) is 0 Å². The maximum absolute atomic E-state index is 5.89. The summed E-state index contributed by atoms with van der Waals surface area (Å²) >= 11 is 0. The lowest BCUT2D eigenvalue weighted by atomic mass is 10.3. The van der Waals surface area contributed by atoms with Gasteiger partial charge in [-0.05, 0) is 62.6 Å². The van der Waals surface area contributed by atoms with Crippen molar-refractivity contribution in [1.82, 2.24) is 48.7 Å². The van der Waals surface area contributed by atoms with E-state index < -0.39 is 0 Å². The SMILES string of the molecule is CN1CC[N+](C)(c2nc(Oc3ccccc3)nc(Oc3ccccc3)n2)CC1.CN1CC[N+](C)(c2nc(Oc3ccccc3)nc(Oc3ccccc3)n2)CC1.[Cl-].[Cl-]. The minimum absolute atomic E-state index is 0. The van der Waals surface area contributed by atoms with Crippen LogP contribution in [0.1, 0.15) is 0 Å². The molecule has 0 amide bonds. The van der Waals surface area contributed by atoms with Crippen LogP contribution < -0.4 is 52.7 Å². The Hall–Kier alpha value is -5.48. The molecule has 6 aromatic rings. The predicted octanol–water partition coefficient (Wildman–Crippen LogP) is 0.685. The van der Waals surface area contributed by atoms with E-state index in [0.717, 1.165) is 52.4 Å². The summed E-state index contributed by atoms with van der Waals surface area (Å²) in [6, 6.07) is 38.9. The number of para-hydroxylation sites is 4. The second-order valence-corrected chi connectivity index (χ2v) is 14.4. The number of rotatable bonds is 10. The maximum Gasteiger partial charge on any atom is 0.338 e. The van der Waals surface area contributed by atoms with Crippen molar-refractivity contribution in [3.05, 3.63) is 121 Å². The van der Waals surface area contributed by atoms with E-state index in [2.05, 4.69) is 67.9 Å². The van der Waals surface area contributed by atoms with Crippen molar-refractivity contribution < 1.29 is 43.8 Å². The number of piperazine rings is 2. The first-order valence-corrected chi connectivity index (χ1v) is 18.7. The summed E-state index contributed by atoms with van der Waals surface area (Å²) < 4.78 is 24.8. The summed E-state index contributed by atoms with van der Waals surface area (Å²) in [5, 5.41) is 0. The number of quaternary nitrogens is 2. The van der Waals surface area contributed by atoms with Crippen LogP contribution in [-0.4, -0.2) is 120 Å². The Bertz CT molecular complexity index is 1870. The monoisotopic (exact) mass is 826 g/mol. The Morgan fingerprint density at radius 1 is 0.379 bits per heavy atom. The lowest BCUT2D eigenvalue weighted by molar-refractivity contribution is -0.00100. The lowest BCUT2D eigenvalue weighted by Gasteiger charge is -2.38. The van der Waals surface area contributed by atoms with Gasteiger partial charge in [-0.2, -0.15) is 0 Å². The number of hydrogen-bond donors (Lipinski definition) is 0. The van der Waals surface area contributed by atoms with Crippen molar-refractivity contribution in [1.29, 1.82) is 0 Å². The van der Waals surface area contributed by atoms with Crippen LogP contribution in [0.3, 0.4) is 0 Å². The van der Waals surface area contributed by atoms with Gasteiger partial charge in [0.2, 0.25) is 0 Å². The van der Waals surface area contributed by atoms with Crippen molar-refractivity contribution in [3.8, 4) is 47.0 Å².